The van der Waals surface area contributed by atoms with Gasteiger partial charge in [-0.3, -0.25) is 0 Å². The molecule has 0 bridgehead atoms. The molecule has 4 N–H and O–H groups in total. The van der Waals surface area contributed by atoms with Crippen LogP contribution in [0.2, 0.25) is 0 Å². The Bertz CT molecular complexity index is 700. The van der Waals surface area contributed by atoms with Gasteiger partial charge in [-0.25, -0.2) is 0 Å². The fourth-order valence-corrected chi connectivity index (χ4v) is 3.62. The van der Waals surface area contributed by atoms with Crippen molar-refractivity contribution in [3.8, 4) is 11.5 Å². The molecule has 26 heavy (non-hydrogen) atoms. The first-order chi connectivity index (χ1) is 12.5. The Morgan fingerprint density at radius 3 is 2.42 bits per heavy atom. The van der Waals surface area contributed by atoms with Crippen molar-refractivity contribution < 1.29 is 34.6 Å². The normalized spacial score (nSPS) is 28.7. The third-order valence-electron chi connectivity index (χ3n) is 4.32. The molecule has 142 valence electrons. The largest absolute Gasteiger partial charge is 0.497 e. The molecule has 1 aliphatic heterocycles. The van der Waals surface area contributed by atoms with Crippen molar-refractivity contribution in [2.75, 3.05) is 13.7 Å². The Morgan fingerprint density at radius 2 is 1.77 bits per heavy atom. The van der Waals surface area contributed by atoms with Gasteiger partial charge in [-0.05, 0) is 29.1 Å². The van der Waals surface area contributed by atoms with Crippen molar-refractivity contribution in [2.24, 2.45) is 0 Å². The number of hydrogen-bond donors (Lipinski definition) is 4. The molecule has 0 aliphatic carbocycles. The first-order valence-electron chi connectivity index (χ1n) is 8.20. The van der Waals surface area contributed by atoms with E-state index in [1.807, 2.05) is 29.6 Å². The van der Waals surface area contributed by atoms with Gasteiger partial charge in [0.2, 0.25) is 6.29 Å². The van der Waals surface area contributed by atoms with Crippen LogP contribution in [0.15, 0.2) is 35.7 Å². The van der Waals surface area contributed by atoms with Crippen LogP contribution in [0.5, 0.6) is 11.5 Å². The van der Waals surface area contributed by atoms with E-state index in [-0.39, 0.29) is 0 Å². The Balaban J connectivity index is 1.71. The molecule has 2 aromatic rings. The molecule has 0 radical (unpaired) electrons. The minimum atomic E-state index is -1.46. The summed E-state index contributed by atoms with van der Waals surface area (Å²) in [7, 11) is 1.61. The van der Waals surface area contributed by atoms with E-state index in [1.54, 1.807) is 13.2 Å². The molecular formula is C18H22O7S. The van der Waals surface area contributed by atoms with Gasteiger partial charge in [-0.1, -0.05) is 12.1 Å². The van der Waals surface area contributed by atoms with Gasteiger partial charge in [0.1, 0.15) is 35.9 Å². The minimum Gasteiger partial charge on any atom is -0.497 e. The van der Waals surface area contributed by atoms with Gasteiger partial charge in [0.25, 0.3) is 0 Å². The van der Waals surface area contributed by atoms with Crippen molar-refractivity contribution in [3.05, 3.63) is 46.2 Å². The zero-order valence-corrected chi connectivity index (χ0v) is 15.0. The van der Waals surface area contributed by atoms with Crippen LogP contribution < -0.4 is 9.47 Å². The van der Waals surface area contributed by atoms with E-state index in [1.165, 1.54) is 11.3 Å². The van der Waals surface area contributed by atoms with Crippen LogP contribution in [0.4, 0.5) is 0 Å². The maximum absolute atomic E-state index is 10.1. The average Bonchev–Trinajstić information content (AvgIpc) is 3.09. The third-order valence-corrected chi connectivity index (χ3v) is 5.22. The lowest BCUT2D eigenvalue weighted by Crippen LogP contribution is -2.60. The molecule has 1 aliphatic rings. The van der Waals surface area contributed by atoms with E-state index in [4.69, 9.17) is 14.2 Å². The number of ether oxygens (including phenoxy) is 3. The molecule has 1 fully saturated rings. The van der Waals surface area contributed by atoms with Crippen LogP contribution in [-0.4, -0.2) is 64.8 Å². The van der Waals surface area contributed by atoms with Gasteiger partial charge in [0, 0.05) is 6.42 Å². The fraction of sp³-hybridized carbons (Fsp3) is 0.444. The number of benzene rings is 1. The summed E-state index contributed by atoms with van der Waals surface area (Å²) in [5.74, 6) is 1.30. The predicted octanol–water partition coefficient (Wildman–Crippen LogP) is 0.526. The van der Waals surface area contributed by atoms with Crippen LogP contribution in [0, 0.1) is 0 Å². The van der Waals surface area contributed by atoms with Crippen LogP contribution in [0.3, 0.4) is 0 Å². The highest BCUT2D eigenvalue weighted by molar-refractivity contribution is 7.10. The third kappa shape index (κ3) is 4.01. The van der Waals surface area contributed by atoms with Crippen LogP contribution in [0.25, 0.3) is 0 Å². The molecule has 2 heterocycles. The number of aliphatic hydroxyl groups is 4. The van der Waals surface area contributed by atoms with Crippen LogP contribution >= 0.6 is 11.3 Å². The molecule has 3 rings (SSSR count). The number of hydrogen-bond acceptors (Lipinski definition) is 8. The van der Waals surface area contributed by atoms with Gasteiger partial charge >= 0.3 is 0 Å². The molecule has 0 saturated carbocycles. The van der Waals surface area contributed by atoms with Gasteiger partial charge in [0.15, 0.2) is 0 Å². The molecule has 1 aromatic heterocycles. The maximum Gasteiger partial charge on any atom is 0.229 e. The van der Waals surface area contributed by atoms with Gasteiger partial charge in [-0.2, -0.15) is 0 Å². The molecule has 8 heteroatoms. The number of thiophene rings is 1. The highest BCUT2D eigenvalue weighted by Gasteiger charge is 2.44. The van der Waals surface area contributed by atoms with Crippen LogP contribution in [0.1, 0.15) is 10.4 Å². The highest BCUT2D eigenvalue weighted by atomic mass is 32.1. The summed E-state index contributed by atoms with van der Waals surface area (Å²) in [5, 5.41) is 40.9. The average molecular weight is 382 g/mol. The monoisotopic (exact) mass is 382 g/mol. The molecule has 1 aromatic carbocycles. The molecule has 0 spiro atoms. The summed E-state index contributed by atoms with van der Waals surface area (Å²) in [6.07, 6.45) is -5.86. The summed E-state index contributed by atoms with van der Waals surface area (Å²) < 4.78 is 16.3. The lowest BCUT2D eigenvalue weighted by atomic mass is 9.99. The fourth-order valence-electron chi connectivity index (χ4n) is 2.78. The number of rotatable bonds is 6. The van der Waals surface area contributed by atoms with Crippen LogP contribution in [-0.2, 0) is 11.2 Å². The SMILES string of the molecule is COc1ccc(Cc2sccc2O[C@@H]2OC(CO)[C@H](O)[C@@H](O)[C@@H]2O)cc1. The van der Waals surface area contributed by atoms with E-state index in [9.17, 15) is 20.4 Å². The summed E-state index contributed by atoms with van der Waals surface area (Å²) in [5.41, 5.74) is 1.06. The quantitative estimate of drug-likeness (QED) is 0.577. The van der Waals surface area contributed by atoms with Crippen molar-refractivity contribution in [1.82, 2.24) is 0 Å². The number of methoxy groups -OCH3 is 1. The maximum atomic E-state index is 10.1. The molecule has 1 unspecified atom stereocenters. The molecule has 5 atom stereocenters. The first kappa shape index (κ1) is 19.1. The molecule has 0 amide bonds. The molecular weight excluding hydrogens is 360 g/mol. The second kappa shape index (κ2) is 8.34. The second-order valence-corrected chi connectivity index (χ2v) is 7.05. The first-order valence-corrected chi connectivity index (χ1v) is 9.08. The summed E-state index contributed by atoms with van der Waals surface area (Å²) in [6, 6.07) is 9.42. The number of aliphatic hydroxyl groups excluding tert-OH is 4. The van der Waals surface area contributed by atoms with E-state index in [0.29, 0.717) is 12.2 Å². The lowest BCUT2D eigenvalue weighted by molar-refractivity contribution is -0.277. The van der Waals surface area contributed by atoms with Crippen molar-refractivity contribution in [1.29, 1.82) is 0 Å². The van der Waals surface area contributed by atoms with Crippen molar-refractivity contribution >= 4 is 11.3 Å². The van der Waals surface area contributed by atoms with Gasteiger partial charge in [0.05, 0.1) is 18.6 Å². The molecule has 7 nitrogen and oxygen atoms in total. The summed E-state index contributed by atoms with van der Waals surface area (Å²) in [4.78, 5) is 0.923. The zero-order chi connectivity index (χ0) is 18.7. The predicted molar refractivity (Wildman–Crippen MR) is 94.5 cm³/mol. The second-order valence-electron chi connectivity index (χ2n) is 6.05. The Kier molecular flexibility index (Phi) is 6.13. The lowest BCUT2D eigenvalue weighted by Gasteiger charge is -2.39. The molecule has 1 saturated heterocycles. The smallest absolute Gasteiger partial charge is 0.229 e. The van der Waals surface area contributed by atoms with E-state index in [0.717, 1.165) is 16.2 Å². The standard InChI is InChI=1S/C18H22O7S/c1-23-11-4-2-10(3-5-11)8-14-12(6-7-26-14)24-18-17(22)16(21)15(20)13(9-19)25-18/h2-7,13,15-22H,8-9H2,1H3/t13?,15-,16+,17-,18+/m0/s1. The Labute approximate surface area is 155 Å². The van der Waals surface area contributed by atoms with Gasteiger partial charge < -0.3 is 34.6 Å². The summed E-state index contributed by atoms with van der Waals surface area (Å²) in [6.45, 7) is -0.493. The summed E-state index contributed by atoms with van der Waals surface area (Å²) >= 11 is 1.50. The Morgan fingerprint density at radius 1 is 1.04 bits per heavy atom. The van der Waals surface area contributed by atoms with Gasteiger partial charge in [-0.15, -0.1) is 11.3 Å². The van der Waals surface area contributed by atoms with E-state index < -0.39 is 37.3 Å². The zero-order valence-electron chi connectivity index (χ0n) is 14.2. The van der Waals surface area contributed by atoms with Crippen molar-refractivity contribution in [2.45, 2.75) is 37.1 Å². The van der Waals surface area contributed by atoms with E-state index >= 15 is 0 Å². The Hall–Kier alpha value is -1.68. The minimum absolute atomic E-state index is 0.493. The van der Waals surface area contributed by atoms with E-state index in [2.05, 4.69) is 0 Å². The van der Waals surface area contributed by atoms with Crippen molar-refractivity contribution in [3.63, 3.8) is 0 Å². The topological polar surface area (TPSA) is 109 Å². The highest BCUT2D eigenvalue weighted by Crippen LogP contribution is 2.31.